The van der Waals surface area contributed by atoms with Crippen molar-refractivity contribution in [3.05, 3.63) is 65.0 Å². The molecule has 0 aliphatic heterocycles. The zero-order valence-corrected chi connectivity index (χ0v) is 13.0. The van der Waals surface area contributed by atoms with Crippen LogP contribution in [0.5, 0.6) is 0 Å². The van der Waals surface area contributed by atoms with Gasteiger partial charge in [-0.3, -0.25) is 0 Å². The number of rotatable bonds is 5. The van der Waals surface area contributed by atoms with Crippen LogP contribution in [0.15, 0.2) is 52.9 Å². The van der Waals surface area contributed by atoms with Gasteiger partial charge in [-0.05, 0) is 36.8 Å². The molecular formula is C17H16ClN3O. The largest absolute Gasteiger partial charge is 0.421 e. The monoisotopic (exact) mass is 313 g/mol. The van der Waals surface area contributed by atoms with Gasteiger partial charge in [0.05, 0.1) is 0 Å². The number of hydrogen-bond acceptors (Lipinski definition) is 4. The van der Waals surface area contributed by atoms with Crippen molar-refractivity contribution in [1.82, 2.24) is 10.2 Å². The third kappa shape index (κ3) is 3.46. The fourth-order valence-corrected chi connectivity index (χ4v) is 2.31. The topological polar surface area (TPSA) is 51.0 Å². The molecule has 5 heteroatoms. The van der Waals surface area contributed by atoms with Crippen LogP contribution in [0.2, 0.25) is 5.02 Å². The number of hydrogen-bond donors (Lipinski definition) is 1. The van der Waals surface area contributed by atoms with E-state index in [1.807, 2.05) is 55.5 Å². The molecule has 1 heterocycles. The van der Waals surface area contributed by atoms with Crippen molar-refractivity contribution < 1.29 is 4.42 Å². The molecule has 2 aromatic carbocycles. The van der Waals surface area contributed by atoms with E-state index in [2.05, 4.69) is 15.5 Å². The molecule has 0 saturated carbocycles. The Morgan fingerprint density at radius 1 is 1.09 bits per heavy atom. The first-order valence-electron chi connectivity index (χ1n) is 7.10. The van der Waals surface area contributed by atoms with E-state index in [0.29, 0.717) is 24.7 Å². The van der Waals surface area contributed by atoms with Crippen LogP contribution < -0.4 is 5.32 Å². The van der Waals surface area contributed by atoms with Gasteiger partial charge in [-0.1, -0.05) is 35.9 Å². The van der Waals surface area contributed by atoms with Crippen LogP contribution in [0.3, 0.4) is 0 Å². The van der Waals surface area contributed by atoms with Crippen LogP contribution >= 0.6 is 11.6 Å². The molecule has 4 nitrogen and oxygen atoms in total. The SMILES string of the molecule is Cc1ccc(Cl)cc1NCCc1nnc(-c2ccccc2)o1. The van der Waals surface area contributed by atoms with Crippen LogP contribution in [-0.2, 0) is 6.42 Å². The molecule has 0 aliphatic rings. The van der Waals surface area contributed by atoms with Crippen molar-refractivity contribution in [2.45, 2.75) is 13.3 Å². The minimum absolute atomic E-state index is 0.550. The second-order valence-electron chi connectivity index (χ2n) is 5.00. The van der Waals surface area contributed by atoms with E-state index >= 15 is 0 Å². The lowest BCUT2D eigenvalue weighted by Gasteiger charge is -2.08. The van der Waals surface area contributed by atoms with Gasteiger partial charge in [0, 0.05) is 29.2 Å². The maximum Gasteiger partial charge on any atom is 0.247 e. The van der Waals surface area contributed by atoms with Crippen LogP contribution in [0, 0.1) is 6.92 Å². The number of aryl methyl sites for hydroxylation is 1. The lowest BCUT2D eigenvalue weighted by atomic mass is 10.2. The third-order valence-electron chi connectivity index (χ3n) is 3.34. The van der Waals surface area contributed by atoms with E-state index in [9.17, 15) is 0 Å². The number of aromatic nitrogens is 2. The Morgan fingerprint density at radius 2 is 1.91 bits per heavy atom. The molecule has 0 amide bonds. The molecule has 0 unspecified atom stereocenters. The summed E-state index contributed by atoms with van der Waals surface area (Å²) in [5, 5.41) is 12.2. The fraction of sp³-hybridized carbons (Fsp3) is 0.176. The average Bonchev–Trinajstić information content (AvgIpc) is 3.00. The summed E-state index contributed by atoms with van der Waals surface area (Å²) in [5.74, 6) is 1.17. The zero-order valence-electron chi connectivity index (χ0n) is 12.2. The molecule has 3 aromatic rings. The maximum atomic E-state index is 6.00. The maximum absolute atomic E-state index is 6.00. The lowest BCUT2D eigenvalue weighted by Crippen LogP contribution is -2.06. The zero-order chi connectivity index (χ0) is 15.4. The molecule has 3 rings (SSSR count). The minimum atomic E-state index is 0.550. The molecule has 1 N–H and O–H groups in total. The van der Waals surface area contributed by atoms with E-state index in [1.54, 1.807) is 0 Å². The van der Waals surface area contributed by atoms with Crippen LogP contribution in [0.1, 0.15) is 11.5 Å². The summed E-state index contributed by atoms with van der Waals surface area (Å²) in [6.45, 7) is 2.75. The highest BCUT2D eigenvalue weighted by molar-refractivity contribution is 6.30. The molecular weight excluding hydrogens is 298 g/mol. The second-order valence-corrected chi connectivity index (χ2v) is 5.44. The molecule has 1 aromatic heterocycles. The van der Waals surface area contributed by atoms with Gasteiger partial charge in [-0.15, -0.1) is 10.2 Å². The smallest absolute Gasteiger partial charge is 0.247 e. The first-order chi connectivity index (χ1) is 10.7. The standard InChI is InChI=1S/C17H16ClN3O/c1-12-7-8-14(18)11-15(12)19-10-9-16-20-21-17(22-16)13-5-3-2-4-6-13/h2-8,11,19H,9-10H2,1H3. The number of nitrogens with one attached hydrogen (secondary N) is 1. The molecule has 0 atom stereocenters. The van der Waals surface area contributed by atoms with Gasteiger partial charge in [0.25, 0.3) is 0 Å². The molecule has 0 aliphatic carbocycles. The van der Waals surface area contributed by atoms with Crippen molar-refractivity contribution >= 4 is 17.3 Å². The van der Waals surface area contributed by atoms with Gasteiger partial charge in [0.15, 0.2) is 0 Å². The molecule has 0 fully saturated rings. The number of halogens is 1. The van der Waals surface area contributed by atoms with E-state index in [1.165, 1.54) is 0 Å². The minimum Gasteiger partial charge on any atom is -0.421 e. The molecule has 0 bridgehead atoms. The first kappa shape index (κ1) is 14.6. The second kappa shape index (κ2) is 6.62. The van der Waals surface area contributed by atoms with E-state index in [4.69, 9.17) is 16.0 Å². The Morgan fingerprint density at radius 3 is 2.73 bits per heavy atom. The van der Waals surface area contributed by atoms with Gasteiger partial charge in [-0.25, -0.2) is 0 Å². The predicted octanol–water partition coefficient (Wildman–Crippen LogP) is 4.35. The number of nitrogens with zero attached hydrogens (tertiary/aromatic N) is 2. The molecule has 0 radical (unpaired) electrons. The van der Waals surface area contributed by atoms with Gasteiger partial charge in [0.1, 0.15) is 0 Å². The third-order valence-corrected chi connectivity index (χ3v) is 3.58. The van der Waals surface area contributed by atoms with Gasteiger partial charge in [0.2, 0.25) is 11.8 Å². The first-order valence-corrected chi connectivity index (χ1v) is 7.48. The summed E-state index contributed by atoms with van der Waals surface area (Å²) in [5.41, 5.74) is 3.11. The van der Waals surface area contributed by atoms with Gasteiger partial charge in [-0.2, -0.15) is 0 Å². The quantitative estimate of drug-likeness (QED) is 0.760. The normalized spacial score (nSPS) is 10.6. The van der Waals surface area contributed by atoms with Crippen molar-refractivity contribution in [1.29, 1.82) is 0 Å². The van der Waals surface area contributed by atoms with Crippen molar-refractivity contribution in [3.8, 4) is 11.5 Å². The van der Waals surface area contributed by atoms with Crippen molar-refractivity contribution in [2.24, 2.45) is 0 Å². The Labute approximate surface area is 134 Å². The van der Waals surface area contributed by atoms with E-state index in [-0.39, 0.29) is 0 Å². The molecule has 0 saturated heterocycles. The Bertz CT molecular complexity index is 756. The summed E-state index contributed by atoms with van der Waals surface area (Å²) in [7, 11) is 0. The average molecular weight is 314 g/mol. The number of benzene rings is 2. The van der Waals surface area contributed by atoms with Gasteiger partial charge < -0.3 is 9.73 Å². The highest BCUT2D eigenvalue weighted by Gasteiger charge is 2.08. The predicted molar refractivity (Wildman–Crippen MR) is 88.1 cm³/mol. The summed E-state index contributed by atoms with van der Waals surface area (Å²) >= 11 is 6.00. The van der Waals surface area contributed by atoms with Crippen LogP contribution in [-0.4, -0.2) is 16.7 Å². The Balaban J connectivity index is 1.61. The summed E-state index contributed by atoms with van der Waals surface area (Å²) in [6.07, 6.45) is 0.659. The Kier molecular flexibility index (Phi) is 4.39. The molecule has 22 heavy (non-hydrogen) atoms. The van der Waals surface area contributed by atoms with Crippen LogP contribution in [0.25, 0.3) is 11.5 Å². The number of anilines is 1. The lowest BCUT2D eigenvalue weighted by molar-refractivity contribution is 0.509. The van der Waals surface area contributed by atoms with Crippen LogP contribution in [0.4, 0.5) is 5.69 Å². The highest BCUT2D eigenvalue weighted by Crippen LogP contribution is 2.20. The summed E-state index contributed by atoms with van der Waals surface area (Å²) in [4.78, 5) is 0. The highest BCUT2D eigenvalue weighted by atomic mass is 35.5. The van der Waals surface area contributed by atoms with Crippen molar-refractivity contribution in [3.63, 3.8) is 0 Å². The van der Waals surface area contributed by atoms with Gasteiger partial charge >= 0.3 is 0 Å². The summed E-state index contributed by atoms with van der Waals surface area (Å²) < 4.78 is 5.67. The van der Waals surface area contributed by atoms with Crippen molar-refractivity contribution in [2.75, 3.05) is 11.9 Å². The molecule has 112 valence electrons. The van der Waals surface area contributed by atoms with E-state index < -0.39 is 0 Å². The summed E-state index contributed by atoms with van der Waals surface area (Å²) in [6, 6.07) is 15.5. The molecule has 0 spiro atoms. The Hall–Kier alpha value is -2.33. The fourth-order valence-electron chi connectivity index (χ4n) is 2.14. The van der Waals surface area contributed by atoms with E-state index in [0.717, 1.165) is 21.8 Å².